The van der Waals surface area contributed by atoms with Gasteiger partial charge in [0.1, 0.15) is 0 Å². The first-order valence-corrected chi connectivity index (χ1v) is 6.31. The molecule has 1 aromatic heterocycles. The highest BCUT2D eigenvalue weighted by Gasteiger charge is 2.06. The molecule has 3 nitrogen and oxygen atoms in total. The van der Waals surface area contributed by atoms with E-state index in [0.717, 1.165) is 5.39 Å². The van der Waals surface area contributed by atoms with E-state index in [1.54, 1.807) is 10.8 Å². The fourth-order valence-electron chi connectivity index (χ4n) is 1.96. The van der Waals surface area contributed by atoms with E-state index in [2.05, 4.69) is 19.9 Å². The molecule has 2 aromatic rings. The Balaban J connectivity index is 2.59. The van der Waals surface area contributed by atoms with Crippen LogP contribution in [-0.4, -0.2) is 9.56 Å². The third kappa shape index (κ3) is 2.43. The van der Waals surface area contributed by atoms with Crippen LogP contribution < -0.4 is 11.3 Å². The van der Waals surface area contributed by atoms with Gasteiger partial charge in [0.15, 0.2) is 0 Å². The highest BCUT2D eigenvalue weighted by molar-refractivity contribution is 7.80. The summed E-state index contributed by atoms with van der Waals surface area (Å²) in [4.78, 5) is 12.5. The van der Waals surface area contributed by atoms with Gasteiger partial charge in [0.2, 0.25) is 0 Å². The van der Waals surface area contributed by atoms with Gasteiger partial charge in [-0.2, -0.15) is 0 Å². The van der Waals surface area contributed by atoms with Crippen LogP contribution >= 0.6 is 12.2 Å². The van der Waals surface area contributed by atoms with E-state index in [-0.39, 0.29) is 12.1 Å². The zero-order valence-electron chi connectivity index (χ0n) is 10.5. The molecule has 0 spiro atoms. The molecule has 94 valence electrons. The Morgan fingerprint density at radius 2 is 2.11 bits per heavy atom. The van der Waals surface area contributed by atoms with Crippen LogP contribution in [0.1, 0.15) is 25.3 Å². The van der Waals surface area contributed by atoms with Crippen molar-refractivity contribution in [2.45, 2.75) is 26.3 Å². The maximum atomic E-state index is 12.2. The first kappa shape index (κ1) is 12.8. The van der Waals surface area contributed by atoms with E-state index in [1.165, 1.54) is 5.56 Å². The lowest BCUT2D eigenvalue weighted by atomic mass is 10.0. The van der Waals surface area contributed by atoms with Crippen LogP contribution in [0.5, 0.6) is 0 Å². The van der Waals surface area contributed by atoms with Crippen molar-refractivity contribution in [3.63, 3.8) is 0 Å². The normalized spacial score (nSPS) is 11.1. The predicted octanol–water partition coefficient (Wildman–Crippen LogP) is 2.41. The van der Waals surface area contributed by atoms with Crippen molar-refractivity contribution in [2.75, 3.05) is 0 Å². The second kappa shape index (κ2) is 4.90. The summed E-state index contributed by atoms with van der Waals surface area (Å²) in [6.45, 7) is 4.56. The second-order valence-corrected chi connectivity index (χ2v) is 5.24. The number of fused-ring (bicyclic) bond motifs is 1. The standard InChI is InChI=1S/C14H16N2OS/c1-9(2)10-3-4-12-11(7-10)5-6-16(14(12)17)8-13(15)18/h3-7,9H,8H2,1-2H3,(H2,15,18). The molecular weight excluding hydrogens is 244 g/mol. The monoisotopic (exact) mass is 260 g/mol. The molecule has 0 saturated carbocycles. The van der Waals surface area contributed by atoms with Gasteiger partial charge in [-0.15, -0.1) is 0 Å². The first-order valence-electron chi connectivity index (χ1n) is 5.90. The van der Waals surface area contributed by atoms with Crippen molar-refractivity contribution in [1.82, 2.24) is 4.57 Å². The van der Waals surface area contributed by atoms with Crippen molar-refractivity contribution < 1.29 is 0 Å². The molecule has 0 aliphatic rings. The summed E-state index contributed by atoms with van der Waals surface area (Å²) in [5.41, 5.74) is 6.66. The summed E-state index contributed by atoms with van der Waals surface area (Å²) in [6, 6.07) is 7.87. The Morgan fingerprint density at radius 1 is 1.39 bits per heavy atom. The molecule has 2 rings (SSSR count). The largest absolute Gasteiger partial charge is 0.392 e. The number of nitrogens with zero attached hydrogens (tertiary/aromatic N) is 1. The molecule has 1 heterocycles. The van der Waals surface area contributed by atoms with Gasteiger partial charge in [-0.1, -0.05) is 38.2 Å². The molecule has 2 N–H and O–H groups in total. The third-order valence-electron chi connectivity index (χ3n) is 2.99. The molecule has 0 saturated heterocycles. The fourth-order valence-corrected chi connectivity index (χ4v) is 2.10. The molecule has 18 heavy (non-hydrogen) atoms. The van der Waals surface area contributed by atoms with Gasteiger partial charge < -0.3 is 10.3 Å². The van der Waals surface area contributed by atoms with Gasteiger partial charge in [0.25, 0.3) is 5.56 Å². The third-order valence-corrected chi connectivity index (χ3v) is 3.12. The Bertz CT molecular complexity index is 658. The molecule has 0 amide bonds. The maximum Gasteiger partial charge on any atom is 0.258 e. The topological polar surface area (TPSA) is 48.0 Å². The predicted molar refractivity (Wildman–Crippen MR) is 79.1 cm³/mol. The molecule has 0 aliphatic carbocycles. The minimum Gasteiger partial charge on any atom is -0.392 e. The van der Waals surface area contributed by atoms with E-state index >= 15 is 0 Å². The molecule has 0 radical (unpaired) electrons. The van der Waals surface area contributed by atoms with Crippen molar-refractivity contribution in [3.8, 4) is 0 Å². The lowest BCUT2D eigenvalue weighted by Gasteiger charge is -2.09. The summed E-state index contributed by atoms with van der Waals surface area (Å²) in [7, 11) is 0. The number of nitrogens with two attached hydrogens (primary N) is 1. The van der Waals surface area contributed by atoms with E-state index in [0.29, 0.717) is 16.3 Å². The van der Waals surface area contributed by atoms with E-state index in [4.69, 9.17) is 18.0 Å². The molecule has 0 bridgehead atoms. The zero-order valence-corrected chi connectivity index (χ0v) is 11.3. The number of hydrogen-bond acceptors (Lipinski definition) is 2. The quantitative estimate of drug-likeness (QED) is 0.862. The smallest absolute Gasteiger partial charge is 0.258 e. The number of aromatic nitrogens is 1. The van der Waals surface area contributed by atoms with Crippen molar-refractivity contribution in [2.24, 2.45) is 5.73 Å². The Kier molecular flexibility index (Phi) is 3.48. The van der Waals surface area contributed by atoms with Crippen LogP contribution in [-0.2, 0) is 6.54 Å². The van der Waals surface area contributed by atoms with E-state index < -0.39 is 0 Å². The SMILES string of the molecule is CC(C)c1ccc2c(=O)n(CC(N)=S)ccc2c1. The molecule has 4 heteroatoms. The van der Waals surface area contributed by atoms with Gasteiger partial charge in [0, 0.05) is 11.6 Å². The molecule has 0 atom stereocenters. The highest BCUT2D eigenvalue weighted by atomic mass is 32.1. The van der Waals surface area contributed by atoms with Gasteiger partial charge in [-0.05, 0) is 29.0 Å². The van der Waals surface area contributed by atoms with Crippen LogP contribution in [0.4, 0.5) is 0 Å². The van der Waals surface area contributed by atoms with Crippen LogP contribution in [0.25, 0.3) is 10.8 Å². The summed E-state index contributed by atoms with van der Waals surface area (Å²) in [5.74, 6) is 0.452. The van der Waals surface area contributed by atoms with Crippen LogP contribution in [0.3, 0.4) is 0 Å². The van der Waals surface area contributed by atoms with E-state index in [9.17, 15) is 4.79 Å². The average molecular weight is 260 g/mol. The highest BCUT2D eigenvalue weighted by Crippen LogP contribution is 2.19. The zero-order chi connectivity index (χ0) is 13.3. The molecule has 1 aromatic carbocycles. The lowest BCUT2D eigenvalue weighted by Crippen LogP contribution is -2.26. The van der Waals surface area contributed by atoms with Crippen molar-refractivity contribution >= 4 is 28.0 Å². The average Bonchev–Trinajstić information content (AvgIpc) is 2.32. The Morgan fingerprint density at radius 3 is 2.72 bits per heavy atom. The molecule has 0 aliphatic heterocycles. The van der Waals surface area contributed by atoms with E-state index in [1.807, 2.05) is 18.2 Å². The molecule has 0 fully saturated rings. The summed E-state index contributed by atoms with van der Waals surface area (Å²) >= 11 is 4.83. The summed E-state index contributed by atoms with van der Waals surface area (Å²) in [5, 5.41) is 1.67. The number of pyridine rings is 1. The van der Waals surface area contributed by atoms with Crippen molar-refractivity contribution in [1.29, 1.82) is 0 Å². The van der Waals surface area contributed by atoms with Gasteiger partial charge in [-0.3, -0.25) is 4.79 Å². The maximum absolute atomic E-state index is 12.2. The number of thiocarbonyl (C=S) groups is 1. The lowest BCUT2D eigenvalue weighted by molar-refractivity contribution is 0.818. The molecular formula is C14H16N2OS. The van der Waals surface area contributed by atoms with Crippen LogP contribution in [0, 0.1) is 0 Å². The minimum absolute atomic E-state index is 0.0457. The number of benzene rings is 1. The van der Waals surface area contributed by atoms with Crippen LogP contribution in [0.2, 0.25) is 0 Å². The molecule has 0 unspecified atom stereocenters. The van der Waals surface area contributed by atoms with Gasteiger partial charge >= 0.3 is 0 Å². The van der Waals surface area contributed by atoms with Crippen LogP contribution in [0.15, 0.2) is 35.3 Å². The van der Waals surface area contributed by atoms with Gasteiger partial charge in [0.05, 0.1) is 11.5 Å². The first-order chi connectivity index (χ1) is 8.49. The number of hydrogen-bond donors (Lipinski definition) is 1. The number of rotatable bonds is 3. The summed E-state index contributed by atoms with van der Waals surface area (Å²) < 4.78 is 1.54. The minimum atomic E-state index is -0.0457. The van der Waals surface area contributed by atoms with Crippen molar-refractivity contribution in [3.05, 3.63) is 46.4 Å². The van der Waals surface area contributed by atoms with Gasteiger partial charge in [-0.25, -0.2) is 0 Å². The second-order valence-electron chi connectivity index (χ2n) is 4.72. The Hall–Kier alpha value is -1.68. The Labute approximate surface area is 111 Å². The summed E-state index contributed by atoms with van der Waals surface area (Å²) in [6.07, 6.45) is 1.74. The fraction of sp³-hybridized carbons (Fsp3) is 0.286.